The fraction of sp³-hybridized carbons (Fsp3) is 0.417. The first-order valence-corrected chi connectivity index (χ1v) is 10.0. The van der Waals surface area contributed by atoms with Crippen LogP contribution in [0.5, 0.6) is 0 Å². The third-order valence-electron chi connectivity index (χ3n) is 6.88. The van der Waals surface area contributed by atoms with E-state index < -0.39 is 0 Å². The maximum Gasteiger partial charge on any atom is 0.134 e. The smallest absolute Gasteiger partial charge is 0.134 e. The van der Waals surface area contributed by atoms with E-state index in [0.29, 0.717) is 0 Å². The molecule has 0 N–H and O–H groups in total. The maximum atomic E-state index is 6.53. The second-order valence-corrected chi connectivity index (χ2v) is 8.28. The molecule has 1 aliphatic carbocycles. The third kappa shape index (κ3) is 2.49. The molecule has 1 spiro atoms. The Balaban J connectivity index is 1.56. The van der Waals surface area contributed by atoms with Gasteiger partial charge in [0.2, 0.25) is 0 Å². The quantitative estimate of drug-likeness (QED) is 0.625. The van der Waals surface area contributed by atoms with Gasteiger partial charge in [0.1, 0.15) is 11.3 Å². The van der Waals surface area contributed by atoms with Gasteiger partial charge in [-0.15, -0.1) is 0 Å². The summed E-state index contributed by atoms with van der Waals surface area (Å²) in [6, 6.07) is 19.4. The van der Waals surface area contributed by atoms with Crippen LogP contribution in [0.1, 0.15) is 42.6 Å². The van der Waals surface area contributed by atoms with E-state index in [-0.39, 0.29) is 11.1 Å². The van der Waals surface area contributed by atoms with Gasteiger partial charge in [-0.25, -0.2) is 0 Å². The minimum atomic E-state index is -0.200. The second-order valence-electron chi connectivity index (χ2n) is 8.28. The molecule has 0 unspecified atom stereocenters. The van der Waals surface area contributed by atoms with E-state index in [0.717, 1.165) is 50.1 Å². The van der Waals surface area contributed by atoms with Crippen LogP contribution >= 0.6 is 0 Å². The Labute approximate surface area is 160 Å². The lowest BCUT2D eigenvalue weighted by Crippen LogP contribution is -2.49. The Morgan fingerprint density at radius 1 is 0.852 bits per heavy atom. The maximum absolute atomic E-state index is 6.53. The van der Waals surface area contributed by atoms with E-state index in [1.807, 2.05) is 0 Å². The fourth-order valence-electron chi connectivity index (χ4n) is 5.39. The van der Waals surface area contributed by atoms with Crippen molar-refractivity contribution in [2.24, 2.45) is 0 Å². The number of nitrogens with zero attached hydrogens (tertiary/aromatic N) is 1. The molecule has 2 heterocycles. The highest BCUT2D eigenvalue weighted by atomic mass is 16.5. The van der Waals surface area contributed by atoms with Crippen LogP contribution in [0.2, 0.25) is 0 Å². The molecule has 3 heteroatoms. The number of rotatable bonds is 2. The molecule has 1 fully saturated rings. The molecule has 3 nitrogen and oxygen atoms in total. The van der Waals surface area contributed by atoms with Gasteiger partial charge in [0.25, 0.3) is 0 Å². The summed E-state index contributed by atoms with van der Waals surface area (Å²) in [5, 5.41) is 1.24. The standard InChI is InChI=1S/C24H27NO2/c1-25(2)23(18-8-4-3-5-9-18)13-15-24(16-14-23)22-19-10-6-7-11-20(19)27-21(22)12-17-26-24/h3-11H,12-17H2,1-2H3. The molecular formula is C24H27NO2. The van der Waals surface area contributed by atoms with Gasteiger partial charge in [-0.1, -0.05) is 48.5 Å². The van der Waals surface area contributed by atoms with Crippen LogP contribution in [-0.4, -0.2) is 25.6 Å². The molecular weight excluding hydrogens is 334 g/mol. The van der Waals surface area contributed by atoms with E-state index in [9.17, 15) is 0 Å². The van der Waals surface area contributed by atoms with E-state index in [2.05, 4.69) is 73.6 Å². The van der Waals surface area contributed by atoms with Crippen molar-refractivity contribution in [2.45, 2.75) is 43.2 Å². The molecule has 140 valence electrons. The fourth-order valence-corrected chi connectivity index (χ4v) is 5.39. The van der Waals surface area contributed by atoms with E-state index >= 15 is 0 Å². The molecule has 27 heavy (non-hydrogen) atoms. The normalized spacial score (nSPS) is 28.0. The van der Waals surface area contributed by atoms with Crippen molar-refractivity contribution in [3.63, 3.8) is 0 Å². The summed E-state index contributed by atoms with van der Waals surface area (Å²) in [6.45, 7) is 0.757. The molecule has 2 aromatic carbocycles. The minimum absolute atomic E-state index is 0.0764. The van der Waals surface area contributed by atoms with Gasteiger partial charge in [0, 0.05) is 22.9 Å². The zero-order valence-electron chi connectivity index (χ0n) is 16.2. The number of fused-ring (bicyclic) bond motifs is 4. The largest absolute Gasteiger partial charge is 0.461 e. The van der Waals surface area contributed by atoms with E-state index in [1.165, 1.54) is 16.5 Å². The summed E-state index contributed by atoms with van der Waals surface area (Å²) in [6.07, 6.45) is 5.10. The van der Waals surface area contributed by atoms with Crippen molar-refractivity contribution in [1.29, 1.82) is 0 Å². The second kappa shape index (κ2) is 6.22. The first-order valence-electron chi connectivity index (χ1n) is 10.0. The van der Waals surface area contributed by atoms with Gasteiger partial charge in [0.05, 0.1) is 12.2 Å². The molecule has 1 saturated carbocycles. The molecule has 3 aromatic rings. The monoisotopic (exact) mass is 361 g/mol. The van der Waals surface area contributed by atoms with Gasteiger partial charge in [-0.3, -0.25) is 4.90 Å². The van der Waals surface area contributed by atoms with Gasteiger partial charge in [-0.2, -0.15) is 0 Å². The predicted octanol–water partition coefficient (Wildman–Crippen LogP) is 5.23. The van der Waals surface area contributed by atoms with Crippen molar-refractivity contribution in [1.82, 2.24) is 4.90 Å². The molecule has 0 saturated heterocycles. The lowest BCUT2D eigenvalue weighted by Gasteiger charge is -2.50. The van der Waals surface area contributed by atoms with Crippen molar-refractivity contribution >= 4 is 11.0 Å². The van der Waals surface area contributed by atoms with Crippen molar-refractivity contribution in [3.05, 3.63) is 71.5 Å². The van der Waals surface area contributed by atoms with Crippen LogP contribution in [-0.2, 0) is 22.3 Å². The summed E-state index contributed by atoms with van der Waals surface area (Å²) in [4.78, 5) is 2.41. The summed E-state index contributed by atoms with van der Waals surface area (Å²) in [5.74, 6) is 1.14. The van der Waals surface area contributed by atoms with Crippen molar-refractivity contribution in [3.8, 4) is 0 Å². The molecule has 5 rings (SSSR count). The molecule has 0 atom stereocenters. The summed E-state index contributed by atoms with van der Waals surface area (Å²) >= 11 is 0. The SMILES string of the molecule is CN(C)C1(c2ccccc2)CCC2(CC1)OCCc1oc3ccccc3c12. The molecule has 1 aliphatic heterocycles. The lowest BCUT2D eigenvalue weighted by molar-refractivity contribution is -0.112. The van der Waals surface area contributed by atoms with Crippen molar-refractivity contribution in [2.75, 3.05) is 20.7 Å². The summed E-state index contributed by atoms with van der Waals surface area (Å²) < 4.78 is 12.7. The van der Waals surface area contributed by atoms with Crippen LogP contribution in [0.3, 0.4) is 0 Å². The van der Waals surface area contributed by atoms with Crippen LogP contribution in [0.15, 0.2) is 59.0 Å². The number of furan rings is 1. The topological polar surface area (TPSA) is 25.6 Å². The third-order valence-corrected chi connectivity index (χ3v) is 6.88. The van der Waals surface area contributed by atoms with E-state index in [1.54, 1.807) is 0 Å². The number of ether oxygens (including phenoxy) is 1. The lowest BCUT2D eigenvalue weighted by atomic mass is 9.67. The molecule has 0 amide bonds. The predicted molar refractivity (Wildman–Crippen MR) is 108 cm³/mol. The zero-order chi connectivity index (χ0) is 18.5. The number of para-hydroxylation sites is 1. The number of benzene rings is 2. The van der Waals surface area contributed by atoms with Crippen LogP contribution in [0, 0.1) is 0 Å². The van der Waals surface area contributed by atoms with Gasteiger partial charge >= 0.3 is 0 Å². The molecule has 2 aliphatic rings. The Morgan fingerprint density at radius 3 is 2.30 bits per heavy atom. The van der Waals surface area contributed by atoms with Crippen LogP contribution < -0.4 is 0 Å². The highest BCUT2D eigenvalue weighted by Gasteiger charge is 2.49. The highest BCUT2D eigenvalue weighted by molar-refractivity contribution is 5.83. The van der Waals surface area contributed by atoms with Gasteiger partial charge < -0.3 is 9.15 Å². The Morgan fingerprint density at radius 2 is 1.56 bits per heavy atom. The molecule has 1 aromatic heterocycles. The first kappa shape index (κ1) is 17.0. The average Bonchev–Trinajstić information content (AvgIpc) is 3.09. The number of hydrogen-bond donors (Lipinski definition) is 0. The van der Waals surface area contributed by atoms with E-state index in [4.69, 9.17) is 9.15 Å². The number of hydrogen-bond acceptors (Lipinski definition) is 3. The van der Waals surface area contributed by atoms with Crippen molar-refractivity contribution < 1.29 is 9.15 Å². The molecule has 0 radical (unpaired) electrons. The highest BCUT2D eigenvalue weighted by Crippen LogP contribution is 2.53. The Kier molecular flexibility index (Phi) is 3.92. The summed E-state index contributed by atoms with van der Waals surface area (Å²) in [7, 11) is 4.43. The van der Waals surface area contributed by atoms with Crippen LogP contribution in [0.25, 0.3) is 11.0 Å². The zero-order valence-corrected chi connectivity index (χ0v) is 16.2. The average molecular weight is 361 g/mol. The Hall–Kier alpha value is -2.10. The van der Waals surface area contributed by atoms with Gasteiger partial charge in [-0.05, 0) is 51.4 Å². The first-order chi connectivity index (χ1) is 13.1. The van der Waals surface area contributed by atoms with Crippen LogP contribution in [0.4, 0.5) is 0 Å². The summed E-state index contributed by atoms with van der Waals surface area (Å²) in [5.41, 5.74) is 3.61. The minimum Gasteiger partial charge on any atom is -0.461 e. The Bertz CT molecular complexity index is 949. The molecule has 0 bridgehead atoms. The van der Waals surface area contributed by atoms with Gasteiger partial charge in [0.15, 0.2) is 0 Å².